The predicted molar refractivity (Wildman–Crippen MR) is 112 cm³/mol. The summed E-state index contributed by atoms with van der Waals surface area (Å²) in [4.78, 5) is 2.26. The first-order valence-electron chi connectivity index (χ1n) is 9.04. The largest absolute Gasteiger partial charge is 0.344 e. The third-order valence-corrected chi connectivity index (χ3v) is 5.15. The molecule has 0 aliphatic rings. The van der Waals surface area contributed by atoms with Crippen LogP contribution < -0.4 is 4.90 Å². The molecule has 0 radical (unpaired) electrons. The Balaban J connectivity index is 1.85. The average molecular weight is 340 g/mol. The quantitative estimate of drug-likeness (QED) is 0.423. The number of nitrogens with zero attached hydrogens (tertiary/aromatic N) is 2. The van der Waals surface area contributed by atoms with Gasteiger partial charge < -0.3 is 9.47 Å². The fourth-order valence-corrected chi connectivity index (χ4v) is 3.79. The smallest absolute Gasteiger partial charge is 0.0531 e. The summed E-state index contributed by atoms with van der Waals surface area (Å²) in [6.07, 6.45) is 0. The molecule has 2 heteroatoms. The molecule has 0 N–H and O–H groups in total. The molecule has 0 aliphatic carbocycles. The second-order valence-corrected chi connectivity index (χ2v) is 7.00. The van der Waals surface area contributed by atoms with E-state index < -0.39 is 0 Å². The second kappa shape index (κ2) is 6.38. The highest BCUT2D eigenvalue weighted by Crippen LogP contribution is 2.33. The number of hydrogen-bond acceptors (Lipinski definition) is 1. The number of hydrogen-bond donors (Lipinski definition) is 0. The van der Waals surface area contributed by atoms with E-state index in [4.69, 9.17) is 0 Å². The van der Waals surface area contributed by atoms with Gasteiger partial charge in [0.25, 0.3) is 0 Å². The molecule has 3 aromatic carbocycles. The van der Waals surface area contributed by atoms with Crippen LogP contribution in [-0.2, 0) is 0 Å². The minimum absolute atomic E-state index is 1.20. The van der Waals surface area contributed by atoms with E-state index in [0.717, 1.165) is 0 Å². The zero-order valence-corrected chi connectivity index (χ0v) is 15.8. The molecule has 26 heavy (non-hydrogen) atoms. The van der Waals surface area contributed by atoms with E-state index in [2.05, 4.69) is 110 Å². The molecule has 0 fully saturated rings. The van der Waals surface area contributed by atoms with Crippen molar-refractivity contribution in [3.05, 3.63) is 89.6 Å². The second-order valence-electron chi connectivity index (χ2n) is 7.00. The highest BCUT2D eigenvalue weighted by molar-refractivity contribution is 5.84. The van der Waals surface area contributed by atoms with E-state index >= 15 is 0 Å². The van der Waals surface area contributed by atoms with Crippen molar-refractivity contribution in [3.63, 3.8) is 0 Å². The third-order valence-electron chi connectivity index (χ3n) is 5.15. The Morgan fingerprint density at radius 1 is 0.731 bits per heavy atom. The zero-order chi connectivity index (χ0) is 18.3. The van der Waals surface area contributed by atoms with Gasteiger partial charge in [0.15, 0.2) is 0 Å². The Bertz CT molecular complexity index is 1070. The summed E-state index contributed by atoms with van der Waals surface area (Å²) in [7, 11) is 2.13. The lowest BCUT2D eigenvalue weighted by molar-refractivity contribution is 1.03. The first-order valence-corrected chi connectivity index (χ1v) is 9.04. The number of anilines is 2. The van der Waals surface area contributed by atoms with E-state index in [0.29, 0.717) is 0 Å². The lowest BCUT2D eigenvalue weighted by Crippen LogP contribution is -2.12. The highest BCUT2D eigenvalue weighted by atomic mass is 15.1. The van der Waals surface area contributed by atoms with Gasteiger partial charge in [-0.2, -0.15) is 0 Å². The maximum atomic E-state index is 2.37. The Morgan fingerprint density at radius 2 is 1.42 bits per heavy atom. The topological polar surface area (TPSA) is 8.17 Å². The van der Waals surface area contributed by atoms with Gasteiger partial charge in [-0.05, 0) is 68.3 Å². The minimum atomic E-state index is 1.20. The SMILES string of the molecule is Cc1cc(-n2c(C)cc3ccccc32)c(C)cc1N(C)c1ccccc1. The Labute approximate surface area is 155 Å². The Morgan fingerprint density at radius 3 is 2.19 bits per heavy atom. The minimum Gasteiger partial charge on any atom is -0.344 e. The number of para-hydroxylation sites is 2. The summed E-state index contributed by atoms with van der Waals surface area (Å²) >= 11 is 0. The predicted octanol–water partition coefficient (Wildman–Crippen LogP) is 6.32. The summed E-state index contributed by atoms with van der Waals surface area (Å²) < 4.78 is 2.37. The molecule has 0 spiro atoms. The van der Waals surface area contributed by atoms with E-state index in [-0.39, 0.29) is 0 Å². The molecule has 4 rings (SSSR count). The van der Waals surface area contributed by atoms with Gasteiger partial charge in [-0.3, -0.25) is 0 Å². The van der Waals surface area contributed by atoms with Gasteiger partial charge in [-0.25, -0.2) is 0 Å². The van der Waals surface area contributed by atoms with Crippen LogP contribution in [0, 0.1) is 20.8 Å². The molecule has 0 saturated carbocycles. The lowest BCUT2D eigenvalue weighted by Gasteiger charge is -2.24. The van der Waals surface area contributed by atoms with Crippen molar-refractivity contribution in [3.8, 4) is 5.69 Å². The van der Waals surface area contributed by atoms with Gasteiger partial charge in [-0.1, -0.05) is 36.4 Å². The standard InChI is InChI=1S/C24H24N2/c1-17-15-24(26-19(3)16-20-10-8-9-13-22(20)26)18(2)14-23(17)25(4)21-11-6-5-7-12-21/h5-16H,1-4H3. The molecule has 0 bridgehead atoms. The fourth-order valence-electron chi connectivity index (χ4n) is 3.79. The van der Waals surface area contributed by atoms with Crippen molar-refractivity contribution in [1.82, 2.24) is 4.57 Å². The average Bonchev–Trinajstić information content (AvgIpc) is 2.99. The van der Waals surface area contributed by atoms with Gasteiger partial charge in [0.2, 0.25) is 0 Å². The van der Waals surface area contributed by atoms with Gasteiger partial charge in [0.05, 0.1) is 5.52 Å². The highest BCUT2D eigenvalue weighted by Gasteiger charge is 2.14. The third kappa shape index (κ3) is 2.68. The summed E-state index contributed by atoms with van der Waals surface area (Å²) in [5, 5.41) is 1.28. The molecule has 2 nitrogen and oxygen atoms in total. The fraction of sp³-hybridized carbons (Fsp3) is 0.167. The molecule has 0 atom stereocenters. The van der Waals surface area contributed by atoms with Crippen LogP contribution in [-0.4, -0.2) is 11.6 Å². The monoisotopic (exact) mass is 340 g/mol. The molecule has 0 amide bonds. The van der Waals surface area contributed by atoms with E-state index in [1.54, 1.807) is 0 Å². The summed E-state index contributed by atoms with van der Waals surface area (Å²) in [5.74, 6) is 0. The van der Waals surface area contributed by atoms with Crippen LogP contribution in [0.5, 0.6) is 0 Å². The van der Waals surface area contributed by atoms with Crippen LogP contribution in [0.15, 0.2) is 72.8 Å². The normalized spacial score (nSPS) is 11.1. The number of rotatable bonds is 3. The molecule has 1 heterocycles. The Hall–Kier alpha value is -3.00. The van der Waals surface area contributed by atoms with Crippen LogP contribution in [0.1, 0.15) is 16.8 Å². The molecule has 0 aliphatic heterocycles. The molecular formula is C24H24N2. The summed E-state index contributed by atoms with van der Waals surface area (Å²) in [6.45, 7) is 6.57. The van der Waals surface area contributed by atoms with Crippen molar-refractivity contribution in [2.24, 2.45) is 0 Å². The molecule has 1 aromatic heterocycles. The van der Waals surface area contributed by atoms with Crippen molar-refractivity contribution in [2.75, 3.05) is 11.9 Å². The summed E-state index contributed by atoms with van der Waals surface area (Å²) in [5.41, 5.74) is 8.77. The van der Waals surface area contributed by atoms with Gasteiger partial charge in [0, 0.05) is 35.2 Å². The van der Waals surface area contributed by atoms with Gasteiger partial charge >= 0.3 is 0 Å². The zero-order valence-electron chi connectivity index (χ0n) is 15.8. The van der Waals surface area contributed by atoms with E-state index in [1.807, 2.05) is 0 Å². The summed E-state index contributed by atoms with van der Waals surface area (Å²) in [6, 6.07) is 26.0. The number of fused-ring (bicyclic) bond motifs is 1. The van der Waals surface area contributed by atoms with Crippen molar-refractivity contribution in [2.45, 2.75) is 20.8 Å². The molecule has 0 saturated heterocycles. The molecule has 130 valence electrons. The van der Waals surface area contributed by atoms with Gasteiger partial charge in [-0.15, -0.1) is 0 Å². The maximum absolute atomic E-state index is 2.37. The van der Waals surface area contributed by atoms with Crippen LogP contribution >= 0.6 is 0 Å². The van der Waals surface area contributed by atoms with Crippen molar-refractivity contribution in [1.29, 1.82) is 0 Å². The maximum Gasteiger partial charge on any atom is 0.0531 e. The number of aryl methyl sites for hydroxylation is 3. The van der Waals surface area contributed by atoms with Crippen LogP contribution in [0.25, 0.3) is 16.6 Å². The van der Waals surface area contributed by atoms with E-state index in [1.165, 1.54) is 44.8 Å². The lowest BCUT2D eigenvalue weighted by atomic mass is 10.1. The Kier molecular flexibility index (Phi) is 4.04. The van der Waals surface area contributed by atoms with Crippen LogP contribution in [0.4, 0.5) is 11.4 Å². The molecule has 4 aromatic rings. The molecular weight excluding hydrogens is 316 g/mol. The van der Waals surface area contributed by atoms with E-state index in [9.17, 15) is 0 Å². The van der Waals surface area contributed by atoms with Crippen LogP contribution in [0.2, 0.25) is 0 Å². The number of benzene rings is 3. The number of aromatic nitrogens is 1. The van der Waals surface area contributed by atoms with Crippen molar-refractivity contribution < 1.29 is 0 Å². The first kappa shape index (κ1) is 16.5. The van der Waals surface area contributed by atoms with Crippen LogP contribution in [0.3, 0.4) is 0 Å². The van der Waals surface area contributed by atoms with Gasteiger partial charge in [0.1, 0.15) is 0 Å². The molecule has 0 unspecified atom stereocenters. The first-order chi connectivity index (χ1) is 12.6. The van der Waals surface area contributed by atoms with Crippen molar-refractivity contribution >= 4 is 22.3 Å².